The third-order valence-electron chi connectivity index (χ3n) is 2.34. The van der Waals surface area contributed by atoms with Crippen molar-refractivity contribution in [1.82, 2.24) is 4.98 Å². The molecule has 86 valence electrons. The van der Waals surface area contributed by atoms with Gasteiger partial charge in [0.25, 0.3) is 5.78 Å². The van der Waals surface area contributed by atoms with Gasteiger partial charge < -0.3 is 4.74 Å². The van der Waals surface area contributed by atoms with Crippen LogP contribution in [0, 0.1) is 17.8 Å². The van der Waals surface area contributed by atoms with E-state index < -0.39 is 5.97 Å². The van der Waals surface area contributed by atoms with Crippen molar-refractivity contribution in [3.8, 4) is 11.8 Å². The Labute approximate surface area is 99.0 Å². The molecule has 4 heteroatoms. The molecule has 0 bridgehead atoms. The van der Waals surface area contributed by atoms with Crippen LogP contribution in [0.25, 0.3) is 0 Å². The molecule has 1 fully saturated rings. The average molecular weight is 229 g/mol. The summed E-state index contributed by atoms with van der Waals surface area (Å²) in [7, 11) is 1.27. The van der Waals surface area contributed by atoms with Gasteiger partial charge in [-0.3, -0.25) is 4.79 Å². The van der Waals surface area contributed by atoms with Crippen molar-refractivity contribution in [2.75, 3.05) is 7.11 Å². The Morgan fingerprint density at radius 1 is 1.35 bits per heavy atom. The highest BCUT2D eigenvalue weighted by atomic mass is 16.5. The minimum Gasteiger partial charge on any atom is -0.464 e. The molecule has 0 aliphatic heterocycles. The van der Waals surface area contributed by atoms with Crippen LogP contribution in [-0.4, -0.2) is 23.8 Å². The molecular weight excluding hydrogens is 218 g/mol. The zero-order valence-corrected chi connectivity index (χ0v) is 9.40. The first kappa shape index (κ1) is 11.3. The van der Waals surface area contributed by atoms with Crippen molar-refractivity contribution in [2.24, 2.45) is 5.92 Å². The van der Waals surface area contributed by atoms with Gasteiger partial charge in [0.15, 0.2) is 0 Å². The maximum atomic E-state index is 11.7. The maximum absolute atomic E-state index is 11.7. The summed E-state index contributed by atoms with van der Waals surface area (Å²) < 4.78 is 4.53. The van der Waals surface area contributed by atoms with Crippen molar-refractivity contribution in [3.63, 3.8) is 0 Å². The Hall–Kier alpha value is -2.15. The quantitative estimate of drug-likeness (QED) is 0.333. The summed E-state index contributed by atoms with van der Waals surface area (Å²) in [5, 5.41) is 0. The number of ether oxygens (including phenoxy) is 1. The molecule has 0 saturated heterocycles. The molecule has 1 aliphatic rings. The summed E-state index contributed by atoms with van der Waals surface area (Å²) in [5.74, 6) is 4.85. The fourth-order valence-corrected chi connectivity index (χ4v) is 1.24. The number of carbonyl (C=O) groups excluding carboxylic acids is 2. The van der Waals surface area contributed by atoms with Gasteiger partial charge in [0.2, 0.25) is 0 Å². The lowest BCUT2D eigenvalue weighted by Gasteiger charge is -1.99. The fourth-order valence-electron chi connectivity index (χ4n) is 1.24. The standard InChI is InChI=1S/C13H11NO3/c1-17-13(16)11-4-2-3-10(14-11)12(15)8-7-9-5-6-9/h2-4,9H,5-6H2,1H3. The van der Waals surface area contributed by atoms with Gasteiger partial charge >= 0.3 is 5.97 Å². The lowest BCUT2D eigenvalue weighted by Crippen LogP contribution is -2.08. The van der Waals surface area contributed by atoms with Crippen LogP contribution in [0.5, 0.6) is 0 Å². The monoisotopic (exact) mass is 229 g/mol. The van der Waals surface area contributed by atoms with E-state index in [1.165, 1.54) is 19.2 Å². The zero-order chi connectivity index (χ0) is 12.3. The molecule has 0 radical (unpaired) electrons. The molecule has 2 rings (SSSR count). The Morgan fingerprint density at radius 2 is 2.06 bits per heavy atom. The highest BCUT2D eigenvalue weighted by Crippen LogP contribution is 2.27. The normalized spacial score (nSPS) is 13.5. The van der Waals surface area contributed by atoms with E-state index in [0.717, 1.165) is 12.8 Å². The van der Waals surface area contributed by atoms with E-state index in [4.69, 9.17) is 0 Å². The predicted molar refractivity (Wildman–Crippen MR) is 60.4 cm³/mol. The molecule has 0 unspecified atom stereocenters. The Balaban J connectivity index is 2.18. The molecule has 1 heterocycles. The topological polar surface area (TPSA) is 56.3 Å². The van der Waals surface area contributed by atoms with Gasteiger partial charge in [-0.05, 0) is 30.9 Å². The van der Waals surface area contributed by atoms with Crippen LogP contribution in [0.3, 0.4) is 0 Å². The summed E-state index contributed by atoms with van der Waals surface area (Å²) in [4.78, 5) is 26.8. The summed E-state index contributed by atoms with van der Waals surface area (Å²) >= 11 is 0. The molecule has 0 amide bonds. The van der Waals surface area contributed by atoms with E-state index in [-0.39, 0.29) is 17.2 Å². The number of methoxy groups -OCH3 is 1. The third kappa shape index (κ3) is 2.91. The van der Waals surface area contributed by atoms with Crippen LogP contribution in [-0.2, 0) is 4.74 Å². The van der Waals surface area contributed by atoms with E-state index in [2.05, 4.69) is 21.6 Å². The number of rotatable bonds is 2. The van der Waals surface area contributed by atoms with Crippen molar-refractivity contribution in [3.05, 3.63) is 29.6 Å². The van der Waals surface area contributed by atoms with Crippen molar-refractivity contribution in [1.29, 1.82) is 0 Å². The number of esters is 1. The number of aromatic nitrogens is 1. The second-order valence-corrected chi connectivity index (χ2v) is 3.77. The molecule has 1 aromatic rings. The first-order valence-electron chi connectivity index (χ1n) is 5.32. The van der Waals surface area contributed by atoms with Crippen molar-refractivity contribution < 1.29 is 14.3 Å². The number of ketones is 1. The van der Waals surface area contributed by atoms with Crippen molar-refractivity contribution in [2.45, 2.75) is 12.8 Å². The lowest BCUT2D eigenvalue weighted by atomic mass is 10.2. The molecule has 0 aromatic carbocycles. The molecule has 0 atom stereocenters. The third-order valence-corrected chi connectivity index (χ3v) is 2.34. The Kier molecular flexibility index (Phi) is 3.20. The second-order valence-electron chi connectivity index (χ2n) is 3.77. The Bertz CT molecular complexity index is 521. The van der Waals surface area contributed by atoms with Gasteiger partial charge in [-0.15, -0.1) is 0 Å². The molecule has 1 aromatic heterocycles. The van der Waals surface area contributed by atoms with Crippen LogP contribution in [0.4, 0.5) is 0 Å². The predicted octanol–water partition coefficient (Wildman–Crippen LogP) is 1.46. The maximum Gasteiger partial charge on any atom is 0.356 e. The molecule has 1 aliphatic carbocycles. The lowest BCUT2D eigenvalue weighted by molar-refractivity contribution is 0.0594. The number of nitrogens with zero attached hydrogens (tertiary/aromatic N) is 1. The van der Waals surface area contributed by atoms with Crippen LogP contribution in [0.15, 0.2) is 18.2 Å². The van der Waals surface area contributed by atoms with Gasteiger partial charge in [0.1, 0.15) is 11.4 Å². The van der Waals surface area contributed by atoms with E-state index in [9.17, 15) is 9.59 Å². The zero-order valence-electron chi connectivity index (χ0n) is 9.40. The molecule has 4 nitrogen and oxygen atoms in total. The first-order chi connectivity index (χ1) is 8.20. The number of hydrogen-bond acceptors (Lipinski definition) is 4. The van der Waals surface area contributed by atoms with Crippen LogP contribution in [0.1, 0.15) is 33.8 Å². The van der Waals surface area contributed by atoms with E-state index in [1.54, 1.807) is 6.07 Å². The van der Waals surface area contributed by atoms with E-state index >= 15 is 0 Å². The second kappa shape index (κ2) is 4.79. The first-order valence-corrected chi connectivity index (χ1v) is 5.32. The fraction of sp³-hybridized carbons (Fsp3) is 0.308. The van der Waals surface area contributed by atoms with Gasteiger partial charge in [0.05, 0.1) is 7.11 Å². The molecule has 1 saturated carbocycles. The number of pyridine rings is 1. The smallest absolute Gasteiger partial charge is 0.356 e. The number of carbonyl (C=O) groups is 2. The highest BCUT2D eigenvalue weighted by molar-refractivity contribution is 6.08. The molecule has 17 heavy (non-hydrogen) atoms. The van der Waals surface area contributed by atoms with E-state index in [1.807, 2.05) is 0 Å². The number of Topliss-reactive ketones (excluding diaryl/α,β-unsaturated/α-hetero) is 1. The molecular formula is C13H11NO3. The average Bonchev–Trinajstić information content (AvgIpc) is 3.19. The summed E-state index contributed by atoms with van der Waals surface area (Å²) in [6.07, 6.45) is 2.13. The molecule has 0 N–H and O–H groups in total. The van der Waals surface area contributed by atoms with Crippen LogP contribution in [0.2, 0.25) is 0 Å². The minimum atomic E-state index is -0.560. The van der Waals surface area contributed by atoms with Crippen LogP contribution < -0.4 is 0 Å². The number of hydrogen-bond donors (Lipinski definition) is 0. The molecule has 0 spiro atoms. The van der Waals surface area contributed by atoms with Gasteiger partial charge in [-0.25, -0.2) is 9.78 Å². The highest BCUT2D eigenvalue weighted by Gasteiger charge is 2.18. The summed E-state index contributed by atoms with van der Waals surface area (Å²) in [5.41, 5.74) is 0.299. The largest absolute Gasteiger partial charge is 0.464 e. The van der Waals surface area contributed by atoms with Crippen molar-refractivity contribution >= 4 is 11.8 Å². The van der Waals surface area contributed by atoms with Gasteiger partial charge in [-0.2, -0.15) is 0 Å². The summed E-state index contributed by atoms with van der Waals surface area (Å²) in [6.45, 7) is 0. The summed E-state index contributed by atoms with van der Waals surface area (Å²) in [6, 6.07) is 4.62. The van der Waals surface area contributed by atoms with Gasteiger partial charge in [0, 0.05) is 5.92 Å². The van der Waals surface area contributed by atoms with E-state index in [0.29, 0.717) is 5.92 Å². The SMILES string of the molecule is COC(=O)c1cccc(C(=O)C#CC2CC2)n1. The van der Waals surface area contributed by atoms with Gasteiger partial charge in [-0.1, -0.05) is 12.0 Å². The minimum absolute atomic E-state index is 0.117. The van der Waals surface area contributed by atoms with Crippen LogP contribution >= 0.6 is 0 Å². The Morgan fingerprint density at radius 3 is 2.71 bits per heavy atom.